The van der Waals surface area contributed by atoms with E-state index in [1.807, 2.05) is 11.0 Å². The van der Waals surface area contributed by atoms with E-state index in [-0.39, 0.29) is 10.7 Å². The first-order valence-electron chi connectivity index (χ1n) is 9.63. The number of hydrogen-bond acceptors (Lipinski definition) is 7. The third kappa shape index (κ3) is 4.12. The Morgan fingerprint density at radius 2 is 2.23 bits per heavy atom. The molecule has 1 aliphatic heterocycles. The maximum absolute atomic E-state index is 14.4. The van der Waals surface area contributed by atoms with Crippen molar-refractivity contribution in [3.8, 4) is 5.75 Å². The average molecular weight is 446 g/mol. The van der Waals surface area contributed by atoms with Crippen LogP contribution in [-0.4, -0.2) is 51.7 Å². The van der Waals surface area contributed by atoms with Gasteiger partial charge in [0.25, 0.3) is 0 Å². The van der Waals surface area contributed by atoms with Gasteiger partial charge in [0.2, 0.25) is 5.91 Å². The molecule has 3 aromatic rings. The zero-order valence-electron chi connectivity index (χ0n) is 16.7. The van der Waals surface area contributed by atoms with E-state index >= 15 is 0 Å². The van der Waals surface area contributed by atoms with Crippen LogP contribution in [0.25, 0.3) is 10.9 Å². The molecular weight excluding hydrogens is 425 g/mol. The van der Waals surface area contributed by atoms with Gasteiger partial charge >= 0.3 is 0 Å². The van der Waals surface area contributed by atoms with Crippen LogP contribution < -0.4 is 15.8 Å². The SMILES string of the molecule is COc1cc2ncnc(Nc3cccc(Cl)c3F)c2cc1CN1CC[C@H](O)[C@H]1C(N)=O. The molecule has 10 heteroatoms. The number of carbonyl (C=O) groups excluding carboxylic acids is 1. The molecular formula is C21H21ClFN5O3. The summed E-state index contributed by atoms with van der Waals surface area (Å²) in [6, 6.07) is 7.45. The Bertz CT molecular complexity index is 1150. The Hall–Kier alpha value is -3.01. The Labute approximate surface area is 182 Å². The number of carbonyl (C=O) groups is 1. The molecule has 2 aromatic carbocycles. The van der Waals surface area contributed by atoms with Crippen molar-refractivity contribution in [3.05, 3.63) is 53.1 Å². The lowest BCUT2D eigenvalue weighted by Crippen LogP contribution is -2.45. The highest BCUT2D eigenvalue weighted by molar-refractivity contribution is 6.31. The zero-order chi connectivity index (χ0) is 22.1. The van der Waals surface area contributed by atoms with Crippen LogP contribution in [0.3, 0.4) is 0 Å². The number of aromatic nitrogens is 2. The number of nitrogens with zero attached hydrogens (tertiary/aromatic N) is 3. The number of rotatable bonds is 6. The Morgan fingerprint density at radius 1 is 1.42 bits per heavy atom. The van der Waals surface area contributed by atoms with Crippen LogP contribution in [0.4, 0.5) is 15.9 Å². The molecule has 1 amide bonds. The summed E-state index contributed by atoms with van der Waals surface area (Å²) in [5.74, 6) is -0.203. The fraction of sp³-hybridized carbons (Fsp3) is 0.286. The first kappa shape index (κ1) is 21.2. The summed E-state index contributed by atoms with van der Waals surface area (Å²) in [4.78, 5) is 22.2. The van der Waals surface area contributed by atoms with E-state index in [4.69, 9.17) is 22.1 Å². The summed E-state index contributed by atoms with van der Waals surface area (Å²) < 4.78 is 19.9. The van der Waals surface area contributed by atoms with Crippen molar-refractivity contribution >= 4 is 39.9 Å². The molecule has 0 saturated carbocycles. The molecule has 1 aromatic heterocycles. The van der Waals surface area contributed by atoms with Gasteiger partial charge in [0.05, 0.1) is 29.4 Å². The molecule has 0 unspecified atom stereocenters. The number of fused-ring (bicyclic) bond motifs is 1. The molecule has 0 bridgehead atoms. The van der Waals surface area contributed by atoms with Gasteiger partial charge in [-0.15, -0.1) is 0 Å². The molecule has 8 nitrogen and oxygen atoms in total. The molecule has 2 atom stereocenters. The number of hydrogen-bond donors (Lipinski definition) is 3. The number of ether oxygens (including phenoxy) is 1. The number of benzene rings is 2. The van der Waals surface area contributed by atoms with Crippen LogP contribution in [0.15, 0.2) is 36.7 Å². The molecule has 1 aliphatic rings. The Balaban J connectivity index is 1.74. The maximum atomic E-state index is 14.4. The topological polar surface area (TPSA) is 114 Å². The minimum Gasteiger partial charge on any atom is -0.496 e. The molecule has 31 heavy (non-hydrogen) atoms. The number of amides is 1. The number of methoxy groups -OCH3 is 1. The van der Waals surface area contributed by atoms with Gasteiger partial charge in [-0.2, -0.15) is 0 Å². The van der Waals surface area contributed by atoms with Gasteiger partial charge < -0.3 is 20.9 Å². The van der Waals surface area contributed by atoms with E-state index in [2.05, 4.69) is 15.3 Å². The summed E-state index contributed by atoms with van der Waals surface area (Å²) in [6.07, 6.45) is 1.01. The maximum Gasteiger partial charge on any atom is 0.237 e. The predicted molar refractivity (Wildman–Crippen MR) is 115 cm³/mol. The minimum atomic E-state index is -0.810. The van der Waals surface area contributed by atoms with Crippen molar-refractivity contribution in [1.29, 1.82) is 0 Å². The number of halogens is 2. The van der Waals surface area contributed by atoms with Gasteiger partial charge in [-0.05, 0) is 24.6 Å². The molecule has 1 saturated heterocycles. The van der Waals surface area contributed by atoms with Gasteiger partial charge in [-0.1, -0.05) is 17.7 Å². The van der Waals surface area contributed by atoms with E-state index < -0.39 is 23.9 Å². The number of aliphatic hydroxyl groups is 1. The van der Waals surface area contributed by atoms with E-state index in [0.29, 0.717) is 42.0 Å². The number of nitrogens with one attached hydrogen (secondary N) is 1. The van der Waals surface area contributed by atoms with E-state index in [1.54, 1.807) is 18.2 Å². The van der Waals surface area contributed by atoms with Crippen molar-refractivity contribution < 1.29 is 19.0 Å². The van der Waals surface area contributed by atoms with Crippen molar-refractivity contribution in [3.63, 3.8) is 0 Å². The van der Waals surface area contributed by atoms with Crippen molar-refractivity contribution in [2.45, 2.75) is 25.1 Å². The molecule has 0 aliphatic carbocycles. The lowest BCUT2D eigenvalue weighted by Gasteiger charge is -2.24. The Morgan fingerprint density at radius 3 is 2.97 bits per heavy atom. The van der Waals surface area contributed by atoms with Crippen molar-refractivity contribution in [1.82, 2.24) is 14.9 Å². The largest absolute Gasteiger partial charge is 0.496 e. The van der Waals surface area contributed by atoms with Gasteiger partial charge in [-0.25, -0.2) is 14.4 Å². The summed E-state index contributed by atoms with van der Waals surface area (Å²) >= 11 is 5.88. The van der Waals surface area contributed by atoms with E-state index in [1.165, 1.54) is 19.5 Å². The quantitative estimate of drug-likeness (QED) is 0.534. The minimum absolute atomic E-state index is 0.00388. The Kier molecular flexibility index (Phi) is 5.90. The second-order valence-corrected chi connectivity index (χ2v) is 7.71. The number of aliphatic hydroxyl groups excluding tert-OH is 1. The number of anilines is 2. The van der Waals surface area contributed by atoms with Crippen LogP contribution >= 0.6 is 11.6 Å². The highest BCUT2D eigenvalue weighted by Crippen LogP contribution is 2.33. The zero-order valence-corrected chi connectivity index (χ0v) is 17.4. The van der Waals surface area contributed by atoms with Gasteiger partial charge in [0.15, 0.2) is 5.82 Å². The molecule has 0 radical (unpaired) electrons. The molecule has 1 fully saturated rings. The summed E-state index contributed by atoms with van der Waals surface area (Å²) in [7, 11) is 1.54. The fourth-order valence-corrected chi connectivity index (χ4v) is 4.05. The number of nitrogens with two attached hydrogens (primary N) is 1. The van der Waals surface area contributed by atoms with Crippen molar-refractivity contribution in [2.24, 2.45) is 5.73 Å². The van der Waals surface area contributed by atoms with Crippen LogP contribution in [0.1, 0.15) is 12.0 Å². The standard InChI is InChI=1S/C21H21ClFN5O3/c1-31-17-8-15-12(7-11(17)9-28-6-5-16(29)19(28)20(24)30)21(26-10-25-15)27-14-4-2-3-13(22)18(14)23/h2-4,7-8,10,16,19,29H,5-6,9H2,1H3,(H2,24,30)(H,25,26,27)/t16-,19-/m0/s1. The lowest BCUT2D eigenvalue weighted by atomic mass is 10.1. The molecule has 0 spiro atoms. The van der Waals surface area contributed by atoms with Crippen LogP contribution in [-0.2, 0) is 11.3 Å². The second kappa shape index (κ2) is 8.62. The number of primary amides is 1. The fourth-order valence-electron chi connectivity index (χ4n) is 3.87. The monoisotopic (exact) mass is 445 g/mol. The van der Waals surface area contributed by atoms with Crippen LogP contribution in [0.2, 0.25) is 5.02 Å². The first-order chi connectivity index (χ1) is 14.9. The summed E-state index contributed by atoms with van der Waals surface area (Å²) in [5.41, 5.74) is 7.00. The number of likely N-dealkylation sites (tertiary alicyclic amines) is 1. The van der Waals surface area contributed by atoms with Crippen LogP contribution in [0.5, 0.6) is 5.75 Å². The second-order valence-electron chi connectivity index (χ2n) is 7.30. The predicted octanol–water partition coefficient (Wildman–Crippen LogP) is 2.60. The smallest absolute Gasteiger partial charge is 0.237 e. The molecule has 4 N–H and O–H groups in total. The lowest BCUT2D eigenvalue weighted by molar-refractivity contribution is -0.124. The van der Waals surface area contributed by atoms with Gasteiger partial charge in [0, 0.05) is 30.1 Å². The third-order valence-electron chi connectivity index (χ3n) is 5.38. The highest BCUT2D eigenvalue weighted by Gasteiger charge is 2.37. The van der Waals surface area contributed by atoms with Crippen LogP contribution in [0, 0.1) is 5.82 Å². The van der Waals surface area contributed by atoms with Gasteiger partial charge in [0.1, 0.15) is 23.9 Å². The molecule has 4 rings (SSSR count). The van der Waals surface area contributed by atoms with Crippen molar-refractivity contribution in [2.75, 3.05) is 19.0 Å². The van der Waals surface area contributed by atoms with E-state index in [9.17, 15) is 14.3 Å². The summed E-state index contributed by atoms with van der Waals surface area (Å²) in [6.45, 7) is 0.837. The normalized spacial score (nSPS) is 19.0. The first-order valence-corrected chi connectivity index (χ1v) is 10.0. The average Bonchev–Trinajstić information content (AvgIpc) is 3.11. The third-order valence-corrected chi connectivity index (χ3v) is 5.67. The van der Waals surface area contributed by atoms with Gasteiger partial charge in [-0.3, -0.25) is 9.69 Å². The van der Waals surface area contributed by atoms with E-state index in [0.717, 1.165) is 5.56 Å². The highest BCUT2D eigenvalue weighted by atomic mass is 35.5. The molecule has 162 valence electrons. The summed E-state index contributed by atoms with van der Waals surface area (Å²) in [5, 5.41) is 13.7. The molecule has 2 heterocycles.